The van der Waals surface area contributed by atoms with Crippen LogP contribution in [0.3, 0.4) is 0 Å². The summed E-state index contributed by atoms with van der Waals surface area (Å²) in [5, 5.41) is 0.628. The molecule has 0 saturated carbocycles. The molecule has 3 rings (SSSR count). The fraction of sp³-hybridized carbons (Fsp3) is 0.0714. The first-order valence-electron chi connectivity index (χ1n) is 5.87. The van der Waals surface area contributed by atoms with Gasteiger partial charge in [-0.2, -0.15) is 0 Å². The van der Waals surface area contributed by atoms with Gasteiger partial charge in [0.1, 0.15) is 5.75 Å². The van der Waals surface area contributed by atoms with Gasteiger partial charge < -0.3 is 10.5 Å². The largest absolute Gasteiger partial charge is 0.495 e. The smallest absolute Gasteiger partial charge is 0.206 e. The van der Waals surface area contributed by atoms with E-state index in [1.807, 2.05) is 34.9 Å². The number of benzene rings is 2. The molecule has 4 nitrogen and oxygen atoms in total. The van der Waals surface area contributed by atoms with Gasteiger partial charge in [-0.25, -0.2) is 4.98 Å². The Hall–Kier alpha value is -1.72. The van der Waals surface area contributed by atoms with Crippen molar-refractivity contribution in [1.82, 2.24) is 9.55 Å². The maximum absolute atomic E-state index is 6.05. The zero-order chi connectivity index (χ0) is 14.3. The molecule has 1 aromatic heterocycles. The Balaban J connectivity index is 2.34. The molecule has 0 aliphatic rings. The molecule has 2 aromatic carbocycles. The molecule has 0 atom stereocenters. The van der Waals surface area contributed by atoms with Crippen molar-refractivity contribution in [2.75, 3.05) is 12.8 Å². The number of aromatic nitrogens is 2. The predicted octanol–water partition coefficient (Wildman–Crippen LogP) is 4.03. The quantitative estimate of drug-likeness (QED) is 0.757. The molecule has 0 spiro atoms. The number of methoxy groups -OCH3 is 1. The Morgan fingerprint density at radius 2 is 2.05 bits per heavy atom. The van der Waals surface area contributed by atoms with Gasteiger partial charge in [0, 0.05) is 9.50 Å². The van der Waals surface area contributed by atoms with E-state index in [0.29, 0.717) is 16.7 Å². The number of nitrogen functional groups attached to an aromatic ring is 1. The van der Waals surface area contributed by atoms with Gasteiger partial charge in [0.05, 0.1) is 23.8 Å². The van der Waals surface area contributed by atoms with Crippen LogP contribution in [0.4, 0.5) is 5.95 Å². The summed E-state index contributed by atoms with van der Waals surface area (Å²) >= 11 is 9.45. The highest BCUT2D eigenvalue weighted by Crippen LogP contribution is 2.32. The second kappa shape index (κ2) is 5.00. The summed E-state index contributed by atoms with van der Waals surface area (Å²) in [5.74, 6) is 1.10. The van der Waals surface area contributed by atoms with Crippen LogP contribution < -0.4 is 10.5 Å². The lowest BCUT2D eigenvalue weighted by atomic mass is 10.2. The number of hydrogen-bond acceptors (Lipinski definition) is 3. The number of hydrogen-bond donors (Lipinski definition) is 1. The minimum atomic E-state index is 0.388. The molecule has 102 valence electrons. The molecule has 0 radical (unpaired) electrons. The third-order valence-electron chi connectivity index (χ3n) is 3.02. The Bertz CT molecular complexity index is 800. The van der Waals surface area contributed by atoms with Gasteiger partial charge in [-0.15, -0.1) is 0 Å². The van der Waals surface area contributed by atoms with E-state index in [4.69, 9.17) is 22.1 Å². The Kier molecular flexibility index (Phi) is 3.31. The van der Waals surface area contributed by atoms with E-state index in [1.165, 1.54) is 0 Å². The summed E-state index contributed by atoms with van der Waals surface area (Å²) in [7, 11) is 1.62. The molecule has 6 heteroatoms. The standard InChI is InChI=1S/C14H11BrClN3O/c1-20-13-5-2-8(15)6-12(13)19-11-4-3-9(16)7-10(11)18-14(19)17/h2-7H,1H3,(H2,17,18). The Morgan fingerprint density at radius 1 is 1.25 bits per heavy atom. The van der Waals surface area contributed by atoms with Crippen molar-refractivity contribution in [3.05, 3.63) is 45.9 Å². The van der Waals surface area contributed by atoms with E-state index in [0.717, 1.165) is 21.2 Å². The van der Waals surface area contributed by atoms with Crippen LogP contribution in [-0.4, -0.2) is 16.7 Å². The van der Waals surface area contributed by atoms with Crippen molar-refractivity contribution >= 4 is 44.5 Å². The van der Waals surface area contributed by atoms with Crippen LogP contribution in [0.5, 0.6) is 5.75 Å². The average Bonchev–Trinajstić information content (AvgIpc) is 2.73. The summed E-state index contributed by atoms with van der Waals surface area (Å²) in [5.41, 5.74) is 8.50. The maximum Gasteiger partial charge on any atom is 0.206 e. The van der Waals surface area contributed by atoms with Gasteiger partial charge >= 0.3 is 0 Å². The lowest BCUT2D eigenvalue weighted by molar-refractivity contribution is 0.413. The fourth-order valence-electron chi connectivity index (χ4n) is 2.16. The van der Waals surface area contributed by atoms with Gasteiger partial charge in [0.15, 0.2) is 0 Å². The SMILES string of the molecule is COc1ccc(Br)cc1-n1c(N)nc2cc(Cl)ccc21. The summed E-state index contributed by atoms with van der Waals surface area (Å²) < 4.78 is 8.18. The predicted molar refractivity (Wildman–Crippen MR) is 84.7 cm³/mol. The molecule has 0 amide bonds. The fourth-order valence-corrected chi connectivity index (χ4v) is 2.68. The van der Waals surface area contributed by atoms with E-state index < -0.39 is 0 Å². The second-order valence-electron chi connectivity index (χ2n) is 4.25. The molecule has 0 aliphatic heterocycles. The summed E-state index contributed by atoms with van der Waals surface area (Å²) in [6.45, 7) is 0. The molecule has 3 aromatic rings. The van der Waals surface area contributed by atoms with Crippen LogP contribution in [0.2, 0.25) is 5.02 Å². The minimum Gasteiger partial charge on any atom is -0.495 e. The van der Waals surface area contributed by atoms with E-state index >= 15 is 0 Å². The second-order valence-corrected chi connectivity index (χ2v) is 5.61. The number of imidazole rings is 1. The average molecular weight is 353 g/mol. The van der Waals surface area contributed by atoms with Crippen LogP contribution in [0.25, 0.3) is 16.7 Å². The number of anilines is 1. The number of rotatable bonds is 2. The lowest BCUT2D eigenvalue weighted by Gasteiger charge is -2.12. The van der Waals surface area contributed by atoms with Gasteiger partial charge in [-0.3, -0.25) is 4.57 Å². The van der Waals surface area contributed by atoms with Crippen molar-refractivity contribution < 1.29 is 4.74 Å². The Labute approximate surface area is 129 Å². The molecule has 20 heavy (non-hydrogen) atoms. The molecule has 1 heterocycles. The van der Waals surface area contributed by atoms with E-state index in [2.05, 4.69) is 20.9 Å². The molecule has 0 fully saturated rings. The zero-order valence-electron chi connectivity index (χ0n) is 10.6. The molecular formula is C14H11BrClN3O. The van der Waals surface area contributed by atoms with E-state index in [9.17, 15) is 0 Å². The first kappa shape index (κ1) is 13.3. The van der Waals surface area contributed by atoms with Gasteiger partial charge in [-0.1, -0.05) is 27.5 Å². The molecule has 2 N–H and O–H groups in total. The summed E-state index contributed by atoms with van der Waals surface area (Å²) in [6, 6.07) is 11.2. The lowest BCUT2D eigenvalue weighted by Crippen LogP contribution is -2.02. The molecule has 0 saturated heterocycles. The van der Waals surface area contributed by atoms with Crippen LogP contribution >= 0.6 is 27.5 Å². The topological polar surface area (TPSA) is 53.1 Å². The number of halogens is 2. The van der Waals surface area contributed by atoms with Crippen LogP contribution in [-0.2, 0) is 0 Å². The summed E-state index contributed by atoms with van der Waals surface area (Å²) in [6.07, 6.45) is 0. The first-order chi connectivity index (χ1) is 9.60. The molecule has 0 aliphatic carbocycles. The monoisotopic (exact) mass is 351 g/mol. The normalized spacial score (nSPS) is 10.9. The van der Waals surface area contributed by atoms with Crippen LogP contribution in [0.1, 0.15) is 0 Å². The minimum absolute atomic E-state index is 0.388. The van der Waals surface area contributed by atoms with Crippen molar-refractivity contribution in [3.63, 3.8) is 0 Å². The van der Waals surface area contributed by atoms with Crippen molar-refractivity contribution in [2.24, 2.45) is 0 Å². The third kappa shape index (κ3) is 2.13. The molecular weight excluding hydrogens is 342 g/mol. The highest BCUT2D eigenvalue weighted by molar-refractivity contribution is 9.10. The highest BCUT2D eigenvalue weighted by Gasteiger charge is 2.14. The van der Waals surface area contributed by atoms with Gasteiger partial charge in [0.25, 0.3) is 0 Å². The van der Waals surface area contributed by atoms with E-state index in [1.54, 1.807) is 13.2 Å². The van der Waals surface area contributed by atoms with Crippen LogP contribution in [0.15, 0.2) is 40.9 Å². The van der Waals surface area contributed by atoms with Crippen molar-refractivity contribution in [2.45, 2.75) is 0 Å². The van der Waals surface area contributed by atoms with Gasteiger partial charge in [0.2, 0.25) is 5.95 Å². The molecule has 0 unspecified atom stereocenters. The first-order valence-corrected chi connectivity index (χ1v) is 7.04. The number of nitrogens with zero attached hydrogens (tertiary/aromatic N) is 2. The Morgan fingerprint density at radius 3 is 2.80 bits per heavy atom. The number of nitrogens with two attached hydrogens (primary N) is 1. The van der Waals surface area contributed by atoms with Crippen molar-refractivity contribution in [3.8, 4) is 11.4 Å². The maximum atomic E-state index is 6.05. The number of fused-ring (bicyclic) bond motifs is 1. The van der Waals surface area contributed by atoms with Crippen LogP contribution in [0, 0.1) is 0 Å². The van der Waals surface area contributed by atoms with Gasteiger partial charge in [-0.05, 0) is 36.4 Å². The highest BCUT2D eigenvalue weighted by atomic mass is 79.9. The van der Waals surface area contributed by atoms with E-state index in [-0.39, 0.29) is 0 Å². The summed E-state index contributed by atoms with van der Waals surface area (Å²) in [4.78, 5) is 4.34. The van der Waals surface area contributed by atoms with Crippen molar-refractivity contribution in [1.29, 1.82) is 0 Å². The molecule has 0 bridgehead atoms. The third-order valence-corrected chi connectivity index (χ3v) is 3.75. The number of ether oxygens (including phenoxy) is 1. The zero-order valence-corrected chi connectivity index (χ0v) is 12.9.